The van der Waals surface area contributed by atoms with E-state index in [4.69, 9.17) is 5.11 Å². The van der Waals surface area contributed by atoms with Gasteiger partial charge in [0.2, 0.25) is 0 Å². The average molecular weight is 305 g/mol. The number of fused-ring (bicyclic) bond motifs is 1. The molecule has 1 amide bonds. The summed E-state index contributed by atoms with van der Waals surface area (Å²) in [7, 11) is 0. The van der Waals surface area contributed by atoms with Crippen LogP contribution < -0.4 is 0 Å². The van der Waals surface area contributed by atoms with Crippen LogP contribution in [0.25, 0.3) is 0 Å². The zero-order chi connectivity index (χ0) is 14.8. The zero-order valence-corrected chi connectivity index (χ0v) is 12.6. The van der Waals surface area contributed by atoms with Crippen LogP contribution in [0.3, 0.4) is 0 Å². The third-order valence-corrected chi connectivity index (χ3v) is 5.36. The maximum atomic E-state index is 12.5. The van der Waals surface area contributed by atoms with Gasteiger partial charge in [-0.15, -0.1) is 11.3 Å². The summed E-state index contributed by atoms with van der Waals surface area (Å²) in [6.45, 7) is 1.50. The normalized spacial score (nSPS) is 27.3. The van der Waals surface area contributed by atoms with E-state index in [1.165, 1.54) is 11.3 Å². The Morgan fingerprint density at radius 1 is 1.38 bits per heavy atom. The fourth-order valence-electron chi connectivity index (χ4n) is 3.28. The summed E-state index contributed by atoms with van der Waals surface area (Å²) in [5.74, 6) is 6.60. The minimum absolute atomic E-state index is 0.0526. The van der Waals surface area contributed by atoms with E-state index in [0.717, 1.165) is 24.3 Å². The average Bonchev–Trinajstić information content (AvgIpc) is 3.17. The molecule has 2 N–H and O–H groups in total. The van der Waals surface area contributed by atoms with Gasteiger partial charge in [-0.25, -0.2) is 0 Å². The number of carbonyl (C=O) groups excluding carboxylic acids is 1. The van der Waals surface area contributed by atoms with E-state index in [9.17, 15) is 9.90 Å². The molecule has 1 saturated carbocycles. The first-order valence-electron chi connectivity index (χ1n) is 7.36. The molecule has 1 aliphatic carbocycles. The van der Waals surface area contributed by atoms with Gasteiger partial charge in [-0.2, -0.15) is 0 Å². The van der Waals surface area contributed by atoms with Crippen molar-refractivity contribution in [2.24, 2.45) is 11.8 Å². The molecule has 0 radical (unpaired) electrons. The van der Waals surface area contributed by atoms with E-state index >= 15 is 0 Å². The summed E-state index contributed by atoms with van der Waals surface area (Å²) in [6.07, 6.45) is 2.11. The van der Waals surface area contributed by atoms with E-state index in [-0.39, 0.29) is 24.5 Å². The first-order valence-corrected chi connectivity index (χ1v) is 8.17. The Kier molecular flexibility index (Phi) is 4.29. The summed E-state index contributed by atoms with van der Waals surface area (Å²) in [5.41, 5.74) is 0. The predicted molar refractivity (Wildman–Crippen MR) is 81.0 cm³/mol. The van der Waals surface area contributed by atoms with Gasteiger partial charge in [-0.05, 0) is 30.9 Å². The van der Waals surface area contributed by atoms with Gasteiger partial charge in [0.25, 0.3) is 5.91 Å². The molecule has 1 aliphatic heterocycles. The molecule has 2 heterocycles. The SMILES string of the molecule is O=C(c1ccc(C#CCCO)s1)N1CC2CCC(O)C2C1. The standard InChI is InChI=1S/C16H19NO3S/c18-8-2-1-3-12-5-7-15(21-12)16(20)17-9-11-4-6-14(19)13(11)10-17/h5,7,11,13-14,18-19H,2,4,6,8-10H2. The van der Waals surface area contributed by atoms with Gasteiger partial charge in [-0.1, -0.05) is 11.8 Å². The number of likely N-dealkylation sites (tertiary alicyclic amines) is 1. The smallest absolute Gasteiger partial charge is 0.263 e. The summed E-state index contributed by atoms with van der Waals surface area (Å²) >= 11 is 1.40. The molecule has 1 aromatic rings. The molecule has 3 atom stereocenters. The van der Waals surface area contributed by atoms with Crippen molar-refractivity contribution in [1.82, 2.24) is 4.90 Å². The van der Waals surface area contributed by atoms with E-state index in [1.54, 1.807) is 0 Å². The van der Waals surface area contributed by atoms with E-state index in [1.807, 2.05) is 17.0 Å². The molecule has 21 heavy (non-hydrogen) atoms. The first kappa shape index (κ1) is 14.6. The number of aliphatic hydroxyl groups excluding tert-OH is 2. The number of nitrogens with zero attached hydrogens (tertiary/aromatic N) is 1. The predicted octanol–water partition coefficient (Wildman–Crippen LogP) is 1.32. The lowest BCUT2D eigenvalue weighted by atomic mass is 10.00. The number of rotatable bonds is 2. The van der Waals surface area contributed by atoms with Crippen molar-refractivity contribution in [3.8, 4) is 11.8 Å². The van der Waals surface area contributed by atoms with Crippen molar-refractivity contribution in [2.75, 3.05) is 19.7 Å². The van der Waals surface area contributed by atoms with Crippen molar-refractivity contribution in [2.45, 2.75) is 25.4 Å². The summed E-state index contributed by atoms with van der Waals surface area (Å²) in [5, 5.41) is 18.6. The molecule has 0 spiro atoms. The Hall–Kier alpha value is -1.35. The molecule has 4 nitrogen and oxygen atoms in total. The lowest BCUT2D eigenvalue weighted by Crippen LogP contribution is -2.30. The van der Waals surface area contributed by atoms with Crippen molar-refractivity contribution < 1.29 is 15.0 Å². The highest BCUT2D eigenvalue weighted by Gasteiger charge is 2.43. The summed E-state index contributed by atoms with van der Waals surface area (Å²) in [6, 6.07) is 3.68. The minimum atomic E-state index is -0.240. The second kappa shape index (κ2) is 6.18. The Bertz CT molecular complexity index is 586. The number of amides is 1. The van der Waals surface area contributed by atoms with Crippen LogP contribution in [0.1, 0.15) is 33.8 Å². The van der Waals surface area contributed by atoms with Gasteiger partial charge in [-0.3, -0.25) is 4.79 Å². The van der Waals surface area contributed by atoms with Crippen molar-refractivity contribution >= 4 is 17.2 Å². The molecule has 1 aromatic heterocycles. The van der Waals surface area contributed by atoms with Crippen LogP contribution in [0.2, 0.25) is 0 Å². The van der Waals surface area contributed by atoms with Gasteiger partial charge >= 0.3 is 0 Å². The van der Waals surface area contributed by atoms with Crippen molar-refractivity contribution in [3.63, 3.8) is 0 Å². The van der Waals surface area contributed by atoms with Crippen LogP contribution in [0.4, 0.5) is 0 Å². The molecular formula is C16H19NO3S. The summed E-state index contributed by atoms with van der Waals surface area (Å²) in [4.78, 5) is 15.9. The van der Waals surface area contributed by atoms with E-state index < -0.39 is 0 Å². The molecule has 0 aromatic carbocycles. The molecule has 3 unspecified atom stereocenters. The van der Waals surface area contributed by atoms with Gasteiger partial charge in [0.05, 0.1) is 22.5 Å². The van der Waals surface area contributed by atoms with Gasteiger partial charge in [0.15, 0.2) is 0 Å². The molecule has 5 heteroatoms. The molecule has 2 fully saturated rings. The lowest BCUT2D eigenvalue weighted by Gasteiger charge is -2.17. The van der Waals surface area contributed by atoms with Crippen LogP contribution >= 0.6 is 11.3 Å². The molecular weight excluding hydrogens is 286 g/mol. The highest BCUT2D eigenvalue weighted by molar-refractivity contribution is 7.14. The zero-order valence-electron chi connectivity index (χ0n) is 11.8. The second-order valence-corrected chi connectivity index (χ2v) is 6.80. The van der Waals surface area contributed by atoms with Crippen LogP contribution in [-0.2, 0) is 0 Å². The topological polar surface area (TPSA) is 60.8 Å². The van der Waals surface area contributed by atoms with Crippen LogP contribution in [-0.4, -0.2) is 46.8 Å². The number of carbonyl (C=O) groups is 1. The fourth-order valence-corrected chi connectivity index (χ4v) is 4.13. The van der Waals surface area contributed by atoms with E-state index in [0.29, 0.717) is 23.8 Å². The molecule has 0 bridgehead atoms. The fraction of sp³-hybridized carbons (Fsp3) is 0.562. The van der Waals surface area contributed by atoms with Gasteiger partial charge in [0, 0.05) is 25.4 Å². The first-order chi connectivity index (χ1) is 10.2. The second-order valence-electron chi connectivity index (χ2n) is 5.72. The van der Waals surface area contributed by atoms with Gasteiger partial charge < -0.3 is 15.1 Å². The number of thiophene rings is 1. The van der Waals surface area contributed by atoms with Crippen molar-refractivity contribution in [3.05, 3.63) is 21.9 Å². The Balaban J connectivity index is 1.65. The monoisotopic (exact) mass is 305 g/mol. The number of hydrogen-bond acceptors (Lipinski definition) is 4. The van der Waals surface area contributed by atoms with Crippen LogP contribution in [0, 0.1) is 23.7 Å². The van der Waals surface area contributed by atoms with E-state index in [2.05, 4.69) is 11.8 Å². The number of hydrogen-bond donors (Lipinski definition) is 2. The number of aliphatic hydroxyl groups is 2. The molecule has 2 aliphatic rings. The maximum absolute atomic E-state index is 12.5. The minimum Gasteiger partial charge on any atom is -0.395 e. The Morgan fingerprint density at radius 3 is 3.00 bits per heavy atom. The molecule has 3 rings (SSSR count). The third kappa shape index (κ3) is 2.98. The summed E-state index contributed by atoms with van der Waals surface area (Å²) < 4.78 is 0. The van der Waals surface area contributed by atoms with Crippen LogP contribution in [0.15, 0.2) is 12.1 Å². The lowest BCUT2D eigenvalue weighted by molar-refractivity contribution is 0.0757. The molecule has 1 saturated heterocycles. The van der Waals surface area contributed by atoms with Crippen molar-refractivity contribution in [1.29, 1.82) is 0 Å². The highest BCUT2D eigenvalue weighted by Crippen LogP contribution is 2.38. The van der Waals surface area contributed by atoms with Crippen LogP contribution in [0.5, 0.6) is 0 Å². The quantitative estimate of drug-likeness (QED) is 0.810. The van der Waals surface area contributed by atoms with Gasteiger partial charge in [0.1, 0.15) is 0 Å². The highest BCUT2D eigenvalue weighted by atomic mass is 32.1. The largest absolute Gasteiger partial charge is 0.395 e. The maximum Gasteiger partial charge on any atom is 0.263 e. The molecule has 112 valence electrons. The Labute approximate surface area is 128 Å². The third-order valence-electron chi connectivity index (χ3n) is 4.37. The Morgan fingerprint density at radius 2 is 2.24 bits per heavy atom.